The van der Waals surface area contributed by atoms with Gasteiger partial charge in [0.1, 0.15) is 5.69 Å². The number of aryl methyl sites for hydroxylation is 1. The minimum atomic E-state index is -0.393. The second-order valence-electron chi connectivity index (χ2n) is 2.93. The largest absolute Gasteiger partial charge is 0.464 e. The van der Waals surface area contributed by atoms with Gasteiger partial charge in [0, 0.05) is 4.88 Å². The van der Waals surface area contributed by atoms with E-state index in [0.717, 1.165) is 10.2 Å². The summed E-state index contributed by atoms with van der Waals surface area (Å²) in [6.45, 7) is 2.02. The van der Waals surface area contributed by atoms with Crippen LogP contribution in [0.4, 0.5) is 0 Å². The Morgan fingerprint density at radius 1 is 1.50 bits per heavy atom. The minimum Gasteiger partial charge on any atom is -0.464 e. The first kappa shape index (κ1) is 9.15. The number of hydrogen-bond acceptors (Lipinski definition) is 4. The van der Waals surface area contributed by atoms with Gasteiger partial charge in [0.15, 0.2) is 0 Å². The predicted octanol–water partition coefficient (Wildman–Crippen LogP) is 2.39. The number of rotatable bonds is 1. The molecule has 0 atom stereocenters. The molecule has 0 bridgehead atoms. The topological polar surface area (TPSA) is 39.2 Å². The van der Waals surface area contributed by atoms with Crippen molar-refractivity contribution >= 4 is 27.5 Å². The highest BCUT2D eigenvalue weighted by Gasteiger charge is 2.08. The van der Waals surface area contributed by atoms with Gasteiger partial charge >= 0.3 is 5.97 Å². The lowest BCUT2D eigenvalue weighted by Crippen LogP contribution is -2.03. The summed E-state index contributed by atoms with van der Waals surface area (Å²) in [7, 11) is 1.35. The molecular weight excluding hydrogens is 198 g/mol. The number of hydrogen-bond donors (Lipinski definition) is 0. The summed E-state index contributed by atoms with van der Waals surface area (Å²) in [4.78, 5) is 16.6. The number of methoxy groups -OCH3 is 1. The maximum atomic E-state index is 11.2. The minimum absolute atomic E-state index is 0.359. The molecule has 0 spiro atoms. The fourth-order valence-corrected chi connectivity index (χ4v) is 2.13. The van der Waals surface area contributed by atoms with Crippen LogP contribution in [0.25, 0.3) is 10.2 Å². The Balaban J connectivity index is 2.55. The highest BCUT2D eigenvalue weighted by molar-refractivity contribution is 7.18. The molecule has 0 aliphatic rings. The van der Waals surface area contributed by atoms with Gasteiger partial charge in [-0.05, 0) is 25.1 Å². The zero-order valence-electron chi connectivity index (χ0n) is 7.90. The fourth-order valence-electron chi connectivity index (χ4n) is 1.27. The average Bonchev–Trinajstić information content (AvgIpc) is 2.55. The molecule has 0 N–H and O–H groups in total. The normalized spacial score (nSPS) is 10.4. The standard InChI is InChI=1S/C10H9NO2S/c1-6-5-8-9(14-6)4-3-7(11-8)10(12)13-2/h3-5H,1-2H3. The Morgan fingerprint density at radius 2 is 2.29 bits per heavy atom. The van der Waals surface area contributed by atoms with E-state index in [0.29, 0.717) is 5.69 Å². The zero-order chi connectivity index (χ0) is 10.1. The van der Waals surface area contributed by atoms with E-state index in [1.165, 1.54) is 12.0 Å². The van der Waals surface area contributed by atoms with Crippen LogP contribution in [0.3, 0.4) is 0 Å². The van der Waals surface area contributed by atoms with Crippen molar-refractivity contribution in [3.8, 4) is 0 Å². The van der Waals surface area contributed by atoms with Crippen LogP contribution in [0.2, 0.25) is 0 Å². The molecule has 0 saturated heterocycles. The van der Waals surface area contributed by atoms with Crippen molar-refractivity contribution in [2.45, 2.75) is 6.92 Å². The lowest BCUT2D eigenvalue weighted by Gasteiger charge is -1.96. The second-order valence-corrected chi connectivity index (χ2v) is 4.22. The third-order valence-corrected chi connectivity index (χ3v) is 2.90. The second kappa shape index (κ2) is 3.38. The third-order valence-electron chi connectivity index (χ3n) is 1.89. The first-order valence-corrected chi connectivity index (χ1v) is 4.98. The molecular formula is C10H9NO2S. The van der Waals surface area contributed by atoms with Crippen LogP contribution < -0.4 is 0 Å². The molecule has 2 aromatic heterocycles. The van der Waals surface area contributed by atoms with Crippen molar-refractivity contribution in [2.24, 2.45) is 0 Å². The molecule has 4 heteroatoms. The van der Waals surface area contributed by atoms with Crippen molar-refractivity contribution in [1.82, 2.24) is 4.98 Å². The molecule has 3 nitrogen and oxygen atoms in total. The van der Waals surface area contributed by atoms with Gasteiger partial charge in [0.2, 0.25) is 0 Å². The maximum absolute atomic E-state index is 11.2. The zero-order valence-corrected chi connectivity index (χ0v) is 8.72. The van der Waals surface area contributed by atoms with Gasteiger partial charge in [-0.25, -0.2) is 9.78 Å². The summed E-state index contributed by atoms with van der Waals surface area (Å²) >= 11 is 1.67. The van der Waals surface area contributed by atoms with Crippen LogP contribution in [0.5, 0.6) is 0 Å². The van der Waals surface area contributed by atoms with Crippen LogP contribution in [0.1, 0.15) is 15.4 Å². The summed E-state index contributed by atoms with van der Waals surface area (Å²) in [6, 6.07) is 5.54. The summed E-state index contributed by atoms with van der Waals surface area (Å²) in [5, 5.41) is 0. The number of fused-ring (bicyclic) bond motifs is 1. The molecule has 0 amide bonds. The van der Waals surface area contributed by atoms with Gasteiger partial charge < -0.3 is 4.74 Å². The van der Waals surface area contributed by atoms with Gasteiger partial charge in [0.05, 0.1) is 17.3 Å². The van der Waals surface area contributed by atoms with Crippen molar-refractivity contribution < 1.29 is 9.53 Å². The van der Waals surface area contributed by atoms with Gasteiger partial charge in [-0.3, -0.25) is 0 Å². The Hall–Kier alpha value is -1.42. The molecule has 72 valence electrons. The van der Waals surface area contributed by atoms with E-state index in [4.69, 9.17) is 0 Å². The van der Waals surface area contributed by atoms with E-state index in [9.17, 15) is 4.79 Å². The van der Waals surface area contributed by atoms with Crippen LogP contribution in [0.15, 0.2) is 18.2 Å². The molecule has 2 rings (SSSR count). The van der Waals surface area contributed by atoms with Crippen molar-refractivity contribution in [3.63, 3.8) is 0 Å². The van der Waals surface area contributed by atoms with E-state index in [2.05, 4.69) is 9.72 Å². The molecule has 0 saturated carbocycles. The highest BCUT2D eigenvalue weighted by Crippen LogP contribution is 2.23. The molecule has 0 radical (unpaired) electrons. The number of esters is 1. The van der Waals surface area contributed by atoms with Gasteiger partial charge in [-0.2, -0.15) is 0 Å². The average molecular weight is 207 g/mol. The third kappa shape index (κ3) is 1.48. The van der Waals surface area contributed by atoms with Crippen LogP contribution in [-0.4, -0.2) is 18.1 Å². The van der Waals surface area contributed by atoms with Crippen LogP contribution >= 0.6 is 11.3 Å². The van der Waals surface area contributed by atoms with E-state index in [1.807, 2.05) is 19.1 Å². The predicted molar refractivity (Wildman–Crippen MR) is 55.7 cm³/mol. The van der Waals surface area contributed by atoms with Gasteiger partial charge in [-0.1, -0.05) is 0 Å². The Morgan fingerprint density at radius 3 is 3.00 bits per heavy atom. The lowest BCUT2D eigenvalue weighted by atomic mass is 10.3. The number of nitrogens with zero attached hydrogens (tertiary/aromatic N) is 1. The number of carbonyl (C=O) groups excluding carboxylic acids is 1. The van der Waals surface area contributed by atoms with E-state index in [1.54, 1.807) is 17.4 Å². The smallest absolute Gasteiger partial charge is 0.356 e. The number of ether oxygens (including phenoxy) is 1. The Bertz CT molecular complexity index is 490. The summed E-state index contributed by atoms with van der Waals surface area (Å²) in [5.41, 5.74) is 1.22. The number of aromatic nitrogens is 1. The summed E-state index contributed by atoms with van der Waals surface area (Å²) in [5.74, 6) is -0.393. The molecule has 0 aromatic carbocycles. The van der Waals surface area contributed by atoms with E-state index >= 15 is 0 Å². The monoisotopic (exact) mass is 207 g/mol. The first-order valence-electron chi connectivity index (χ1n) is 4.16. The number of thiophene rings is 1. The molecule has 0 aliphatic heterocycles. The summed E-state index contributed by atoms with van der Waals surface area (Å²) < 4.78 is 5.69. The number of pyridine rings is 1. The van der Waals surface area contributed by atoms with Gasteiger partial charge in [0.25, 0.3) is 0 Å². The van der Waals surface area contributed by atoms with Crippen molar-refractivity contribution in [3.05, 3.63) is 28.8 Å². The van der Waals surface area contributed by atoms with Crippen LogP contribution in [0, 0.1) is 6.92 Å². The number of carbonyl (C=O) groups is 1. The molecule has 0 fully saturated rings. The molecule has 0 aliphatic carbocycles. The maximum Gasteiger partial charge on any atom is 0.356 e. The van der Waals surface area contributed by atoms with Crippen molar-refractivity contribution in [1.29, 1.82) is 0 Å². The quantitative estimate of drug-likeness (QED) is 0.674. The highest BCUT2D eigenvalue weighted by atomic mass is 32.1. The first-order chi connectivity index (χ1) is 6.70. The fraction of sp³-hybridized carbons (Fsp3) is 0.200. The molecule has 14 heavy (non-hydrogen) atoms. The summed E-state index contributed by atoms with van der Waals surface area (Å²) in [6.07, 6.45) is 0. The van der Waals surface area contributed by atoms with Crippen LogP contribution in [-0.2, 0) is 4.74 Å². The molecule has 2 heterocycles. The Labute approximate surface area is 85.3 Å². The Kier molecular flexibility index (Phi) is 2.21. The molecule has 2 aromatic rings. The van der Waals surface area contributed by atoms with E-state index < -0.39 is 5.97 Å². The van der Waals surface area contributed by atoms with Gasteiger partial charge in [-0.15, -0.1) is 11.3 Å². The van der Waals surface area contributed by atoms with Crippen molar-refractivity contribution in [2.75, 3.05) is 7.11 Å². The molecule has 0 unspecified atom stereocenters. The lowest BCUT2D eigenvalue weighted by molar-refractivity contribution is 0.0594. The SMILES string of the molecule is COC(=O)c1ccc2sc(C)cc2n1. The van der Waals surface area contributed by atoms with E-state index in [-0.39, 0.29) is 0 Å².